The largest absolute Gasteiger partial charge is 0.421 e. The number of para-hydroxylation sites is 1. The van der Waals surface area contributed by atoms with Crippen LogP contribution < -0.4 is 10.3 Å². The molecule has 0 saturated carbocycles. The molecule has 0 N–H and O–H groups in total. The quantitative estimate of drug-likeness (QED) is 0.371. The van der Waals surface area contributed by atoms with Crippen LogP contribution in [0.4, 0.5) is 17.6 Å². The number of pyridine rings is 1. The SMILES string of the molecule is Cc1cccc(F)c1Oc1nc(CCCCC(F)(F)F)cc(-c2ccc(=O)n(C)c2)n1. The molecule has 1 aromatic carbocycles. The van der Waals surface area contributed by atoms with Gasteiger partial charge in [0.1, 0.15) is 0 Å². The van der Waals surface area contributed by atoms with Gasteiger partial charge in [0, 0.05) is 37.0 Å². The zero-order valence-corrected chi connectivity index (χ0v) is 17.0. The summed E-state index contributed by atoms with van der Waals surface area (Å²) < 4.78 is 58.4. The molecule has 9 heteroatoms. The van der Waals surface area contributed by atoms with Crippen LogP contribution in [0.25, 0.3) is 11.3 Å². The number of hydrogen-bond acceptors (Lipinski definition) is 4. The second kappa shape index (κ2) is 9.28. The molecule has 5 nitrogen and oxygen atoms in total. The topological polar surface area (TPSA) is 57.0 Å². The number of hydrogen-bond donors (Lipinski definition) is 0. The fourth-order valence-corrected chi connectivity index (χ4v) is 3.01. The molecule has 2 aromatic heterocycles. The van der Waals surface area contributed by atoms with Gasteiger partial charge in [-0.05, 0) is 49.9 Å². The first-order chi connectivity index (χ1) is 14.6. The number of ether oxygens (including phenoxy) is 1. The zero-order valence-electron chi connectivity index (χ0n) is 17.0. The highest BCUT2D eigenvalue weighted by Crippen LogP contribution is 2.28. The molecule has 0 unspecified atom stereocenters. The summed E-state index contributed by atoms with van der Waals surface area (Å²) in [5.74, 6) is -0.606. The lowest BCUT2D eigenvalue weighted by Crippen LogP contribution is -2.14. The van der Waals surface area contributed by atoms with E-state index in [2.05, 4.69) is 9.97 Å². The van der Waals surface area contributed by atoms with Crippen molar-refractivity contribution in [2.45, 2.75) is 38.8 Å². The number of benzene rings is 1. The molecule has 0 aliphatic carbocycles. The fourth-order valence-electron chi connectivity index (χ4n) is 3.01. The lowest BCUT2D eigenvalue weighted by Gasteiger charge is -2.12. The first kappa shape index (κ1) is 22.5. The van der Waals surface area contributed by atoms with Crippen LogP contribution in [0.1, 0.15) is 30.5 Å². The van der Waals surface area contributed by atoms with Crippen LogP contribution in [-0.4, -0.2) is 20.7 Å². The number of alkyl halides is 3. The summed E-state index contributed by atoms with van der Waals surface area (Å²) in [6.07, 6.45) is -3.00. The van der Waals surface area contributed by atoms with Gasteiger partial charge in [-0.3, -0.25) is 4.79 Å². The predicted octanol–water partition coefficient (Wildman–Crippen LogP) is 5.36. The van der Waals surface area contributed by atoms with Crippen LogP contribution in [0, 0.1) is 12.7 Å². The number of unbranched alkanes of at least 4 members (excludes halogenated alkanes) is 1. The Bertz CT molecular complexity index is 1110. The van der Waals surface area contributed by atoms with Gasteiger partial charge in [0.2, 0.25) is 5.56 Å². The highest BCUT2D eigenvalue weighted by molar-refractivity contribution is 5.58. The Morgan fingerprint density at radius 2 is 1.87 bits per heavy atom. The monoisotopic (exact) mass is 435 g/mol. The average molecular weight is 435 g/mol. The second-order valence-electron chi connectivity index (χ2n) is 7.20. The number of nitrogens with zero attached hydrogens (tertiary/aromatic N) is 3. The first-order valence-electron chi connectivity index (χ1n) is 9.67. The van der Waals surface area contributed by atoms with E-state index in [-0.39, 0.29) is 36.6 Å². The Morgan fingerprint density at radius 1 is 1.10 bits per heavy atom. The summed E-state index contributed by atoms with van der Waals surface area (Å²) in [6.45, 7) is 1.67. The fraction of sp³-hybridized carbons (Fsp3) is 0.318. The molecule has 2 heterocycles. The number of aryl methyl sites for hydroxylation is 3. The summed E-state index contributed by atoms with van der Waals surface area (Å²) in [7, 11) is 1.59. The van der Waals surface area contributed by atoms with E-state index in [0.29, 0.717) is 22.5 Å². The summed E-state index contributed by atoms with van der Waals surface area (Å²) in [5.41, 5.74) is 1.81. The standard InChI is InChI=1S/C22H21F4N3O2/c1-14-6-5-8-17(23)20(14)31-21-27-16(7-3-4-11-22(24,25)26)12-18(28-21)15-9-10-19(30)29(2)13-15/h5-6,8-10,12-13H,3-4,7,11H2,1-2H3. The molecule has 0 bridgehead atoms. The van der Waals surface area contributed by atoms with Crippen LogP contribution in [0.3, 0.4) is 0 Å². The first-order valence-corrected chi connectivity index (χ1v) is 9.67. The minimum absolute atomic E-state index is 0.0249. The molecule has 3 rings (SSSR count). The van der Waals surface area contributed by atoms with Gasteiger partial charge in [0.15, 0.2) is 11.6 Å². The summed E-state index contributed by atoms with van der Waals surface area (Å²) in [4.78, 5) is 20.3. The Balaban J connectivity index is 1.93. The van der Waals surface area contributed by atoms with E-state index >= 15 is 0 Å². The molecular formula is C22H21F4N3O2. The van der Waals surface area contributed by atoms with Crippen LogP contribution in [0.2, 0.25) is 0 Å². The maximum Gasteiger partial charge on any atom is 0.389 e. The van der Waals surface area contributed by atoms with Crippen molar-refractivity contribution in [3.63, 3.8) is 0 Å². The van der Waals surface area contributed by atoms with Gasteiger partial charge in [-0.1, -0.05) is 12.1 Å². The van der Waals surface area contributed by atoms with Gasteiger partial charge in [0.25, 0.3) is 0 Å². The second-order valence-corrected chi connectivity index (χ2v) is 7.20. The molecule has 0 saturated heterocycles. The third-order valence-corrected chi connectivity index (χ3v) is 4.64. The molecule has 3 aromatic rings. The maximum atomic E-state index is 14.2. The normalized spacial score (nSPS) is 11.5. The van der Waals surface area contributed by atoms with Crippen LogP contribution in [-0.2, 0) is 13.5 Å². The van der Waals surface area contributed by atoms with Crippen molar-refractivity contribution < 1.29 is 22.3 Å². The number of aromatic nitrogens is 3. The van der Waals surface area contributed by atoms with E-state index in [1.54, 1.807) is 44.4 Å². The van der Waals surface area contributed by atoms with E-state index in [9.17, 15) is 22.4 Å². The Hall–Kier alpha value is -3.23. The van der Waals surface area contributed by atoms with Crippen molar-refractivity contribution in [2.24, 2.45) is 7.05 Å². The van der Waals surface area contributed by atoms with Crippen molar-refractivity contribution in [1.29, 1.82) is 0 Å². The summed E-state index contributed by atoms with van der Waals surface area (Å²) in [6, 6.07) is 8.94. The molecule has 164 valence electrons. The number of halogens is 4. The lowest BCUT2D eigenvalue weighted by molar-refractivity contribution is -0.135. The van der Waals surface area contributed by atoms with Crippen molar-refractivity contribution in [2.75, 3.05) is 0 Å². The van der Waals surface area contributed by atoms with E-state index in [1.807, 2.05) is 0 Å². The van der Waals surface area contributed by atoms with E-state index in [4.69, 9.17) is 4.74 Å². The van der Waals surface area contributed by atoms with Crippen LogP contribution in [0.5, 0.6) is 11.8 Å². The Morgan fingerprint density at radius 3 is 2.55 bits per heavy atom. The maximum absolute atomic E-state index is 14.2. The van der Waals surface area contributed by atoms with Crippen molar-refractivity contribution >= 4 is 0 Å². The van der Waals surface area contributed by atoms with Crippen LogP contribution >= 0.6 is 0 Å². The molecule has 0 spiro atoms. The molecule has 0 aliphatic heterocycles. The predicted molar refractivity (Wildman–Crippen MR) is 108 cm³/mol. The van der Waals surface area contributed by atoms with E-state index < -0.39 is 18.4 Å². The van der Waals surface area contributed by atoms with Crippen molar-refractivity contribution in [1.82, 2.24) is 14.5 Å². The molecule has 31 heavy (non-hydrogen) atoms. The Kier molecular flexibility index (Phi) is 6.72. The molecule has 0 amide bonds. The summed E-state index contributed by atoms with van der Waals surface area (Å²) in [5, 5.41) is 0. The zero-order chi connectivity index (χ0) is 22.6. The minimum atomic E-state index is -4.21. The number of rotatable bonds is 7. The molecule has 0 aliphatic rings. The van der Waals surface area contributed by atoms with Crippen LogP contribution in [0.15, 0.2) is 47.4 Å². The Labute approximate surface area is 176 Å². The van der Waals surface area contributed by atoms with Gasteiger partial charge in [-0.2, -0.15) is 23.1 Å². The van der Waals surface area contributed by atoms with Gasteiger partial charge in [-0.15, -0.1) is 0 Å². The van der Waals surface area contributed by atoms with Crippen molar-refractivity contribution in [3.8, 4) is 23.0 Å². The van der Waals surface area contributed by atoms with E-state index in [1.165, 1.54) is 16.7 Å². The van der Waals surface area contributed by atoms with Gasteiger partial charge in [0.05, 0.1) is 5.69 Å². The molecule has 0 atom stereocenters. The smallest absolute Gasteiger partial charge is 0.389 e. The lowest BCUT2D eigenvalue weighted by atomic mass is 10.1. The molecular weight excluding hydrogens is 414 g/mol. The van der Waals surface area contributed by atoms with Gasteiger partial charge < -0.3 is 9.30 Å². The third kappa shape index (κ3) is 6.13. The van der Waals surface area contributed by atoms with Gasteiger partial charge in [-0.25, -0.2) is 4.39 Å². The highest BCUT2D eigenvalue weighted by Gasteiger charge is 2.26. The molecule has 0 radical (unpaired) electrons. The minimum Gasteiger partial charge on any atom is -0.421 e. The van der Waals surface area contributed by atoms with Gasteiger partial charge >= 0.3 is 12.2 Å². The van der Waals surface area contributed by atoms with Crippen molar-refractivity contribution in [3.05, 3.63) is 70.0 Å². The third-order valence-electron chi connectivity index (χ3n) is 4.64. The summed E-state index contributed by atoms with van der Waals surface area (Å²) >= 11 is 0. The highest BCUT2D eigenvalue weighted by atomic mass is 19.4. The van der Waals surface area contributed by atoms with E-state index in [0.717, 1.165) is 0 Å². The average Bonchev–Trinajstić information content (AvgIpc) is 2.69. The molecule has 0 fully saturated rings.